The third-order valence-corrected chi connectivity index (χ3v) is 1.89. The molecule has 0 aliphatic carbocycles. The fraction of sp³-hybridized carbons (Fsp3) is 1.00. The van der Waals surface area contributed by atoms with Gasteiger partial charge in [-0.05, 0) is 19.8 Å². The lowest BCUT2D eigenvalue weighted by Crippen LogP contribution is -2.33. The van der Waals surface area contributed by atoms with Crippen LogP contribution in [0.5, 0.6) is 0 Å². The molecule has 0 unspecified atom stereocenters. The first-order valence-electron chi connectivity index (χ1n) is 3.84. The minimum atomic E-state index is 0.110. The van der Waals surface area contributed by atoms with Crippen LogP contribution in [-0.2, 0) is 4.74 Å². The fourth-order valence-electron chi connectivity index (χ4n) is 1.22. The second kappa shape index (κ2) is 3.88. The predicted octanol–water partition coefficient (Wildman–Crippen LogP) is 1.37. The monoisotopic (exact) mass is 147 g/mol. The standard InChI is InChI=1S/C7H14FNO/c1-2-9(8)7-3-5-10-6-4-7/h7H,2-6H2,1H3. The molecule has 3 heteroatoms. The predicted molar refractivity (Wildman–Crippen MR) is 37.3 cm³/mol. The molecule has 1 fully saturated rings. The molecule has 1 aliphatic rings. The number of ether oxygens (including phenoxy) is 1. The van der Waals surface area contributed by atoms with Crippen LogP contribution in [0.25, 0.3) is 0 Å². The highest BCUT2D eigenvalue weighted by Crippen LogP contribution is 2.13. The van der Waals surface area contributed by atoms with Crippen LogP contribution in [0.4, 0.5) is 4.48 Å². The Labute approximate surface area is 60.9 Å². The Morgan fingerprint density at radius 1 is 1.50 bits per heavy atom. The van der Waals surface area contributed by atoms with Crippen molar-refractivity contribution in [2.75, 3.05) is 19.8 Å². The van der Waals surface area contributed by atoms with E-state index in [1.165, 1.54) is 0 Å². The molecule has 0 bridgehead atoms. The van der Waals surface area contributed by atoms with Gasteiger partial charge in [0.05, 0.1) is 0 Å². The third-order valence-electron chi connectivity index (χ3n) is 1.89. The number of rotatable bonds is 2. The Hall–Kier alpha value is -0.150. The van der Waals surface area contributed by atoms with Crippen molar-refractivity contribution in [3.05, 3.63) is 0 Å². The summed E-state index contributed by atoms with van der Waals surface area (Å²) in [6.07, 6.45) is 1.68. The summed E-state index contributed by atoms with van der Waals surface area (Å²) >= 11 is 0. The van der Waals surface area contributed by atoms with Gasteiger partial charge in [0.2, 0.25) is 0 Å². The molecular weight excluding hydrogens is 133 g/mol. The van der Waals surface area contributed by atoms with Crippen LogP contribution in [0.3, 0.4) is 0 Å². The molecule has 0 spiro atoms. The molecule has 0 amide bonds. The van der Waals surface area contributed by atoms with E-state index < -0.39 is 0 Å². The zero-order valence-corrected chi connectivity index (χ0v) is 6.35. The summed E-state index contributed by atoms with van der Waals surface area (Å²) in [6.45, 7) is 3.75. The zero-order chi connectivity index (χ0) is 7.40. The summed E-state index contributed by atoms with van der Waals surface area (Å²) in [7, 11) is 0. The van der Waals surface area contributed by atoms with Crippen LogP contribution < -0.4 is 0 Å². The molecule has 1 saturated heterocycles. The summed E-state index contributed by atoms with van der Waals surface area (Å²) < 4.78 is 17.9. The highest BCUT2D eigenvalue weighted by atomic mass is 19.2. The number of hydrogen-bond donors (Lipinski definition) is 0. The van der Waals surface area contributed by atoms with E-state index in [0.29, 0.717) is 19.8 Å². The summed E-state index contributed by atoms with van der Waals surface area (Å²) in [5.41, 5.74) is 0. The van der Waals surface area contributed by atoms with Crippen molar-refractivity contribution < 1.29 is 9.22 Å². The number of nitrogens with zero attached hydrogens (tertiary/aromatic N) is 1. The maximum Gasteiger partial charge on any atom is 0.0481 e. The van der Waals surface area contributed by atoms with Gasteiger partial charge in [-0.2, -0.15) is 0 Å². The first kappa shape index (κ1) is 7.95. The second-order valence-corrected chi connectivity index (χ2v) is 2.56. The molecule has 0 aromatic rings. The lowest BCUT2D eigenvalue weighted by atomic mass is 10.1. The van der Waals surface area contributed by atoms with Crippen LogP contribution in [0.2, 0.25) is 0 Å². The average molecular weight is 147 g/mol. The average Bonchev–Trinajstić information content (AvgIpc) is 2.05. The van der Waals surface area contributed by atoms with E-state index in [-0.39, 0.29) is 6.04 Å². The minimum absolute atomic E-state index is 0.110. The Balaban J connectivity index is 2.24. The number of halogens is 1. The van der Waals surface area contributed by atoms with Crippen molar-refractivity contribution in [1.29, 1.82) is 0 Å². The van der Waals surface area contributed by atoms with Gasteiger partial charge in [0.25, 0.3) is 0 Å². The molecule has 10 heavy (non-hydrogen) atoms. The first-order valence-corrected chi connectivity index (χ1v) is 3.84. The molecule has 2 nitrogen and oxygen atoms in total. The molecule has 1 heterocycles. The lowest BCUT2D eigenvalue weighted by Gasteiger charge is -2.26. The van der Waals surface area contributed by atoms with Crippen molar-refractivity contribution in [2.24, 2.45) is 0 Å². The normalized spacial score (nSPS) is 21.9. The van der Waals surface area contributed by atoms with Crippen LogP contribution in [0.15, 0.2) is 0 Å². The maximum absolute atomic E-state index is 12.8. The van der Waals surface area contributed by atoms with Gasteiger partial charge in [0.1, 0.15) is 0 Å². The molecule has 0 N–H and O–H groups in total. The van der Waals surface area contributed by atoms with E-state index in [0.717, 1.165) is 18.0 Å². The van der Waals surface area contributed by atoms with Crippen LogP contribution in [0.1, 0.15) is 19.8 Å². The molecule has 1 aliphatic heterocycles. The van der Waals surface area contributed by atoms with Gasteiger partial charge in [0.15, 0.2) is 0 Å². The fourth-order valence-corrected chi connectivity index (χ4v) is 1.22. The van der Waals surface area contributed by atoms with E-state index in [4.69, 9.17) is 4.74 Å². The highest BCUT2D eigenvalue weighted by Gasteiger charge is 2.19. The van der Waals surface area contributed by atoms with Crippen LogP contribution in [-0.4, -0.2) is 30.9 Å². The maximum atomic E-state index is 12.8. The Bertz CT molecular complexity index is 93.6. The third kappa shape index (κ3) is 1.92. The van der Waals surface area contributed by atoms with E-state index in [1.807, 2.05) is 6.92 Å². The second-order valence-electron chi connectivity index (χ2n) is 2.56. The summed E-state index contributed by atoms with van der Waals surface area (Å²) in [5, 5.41) is 0.905. The molecular formula is C7H14FNO. The molecule has 0 aromatic heterocycles. The SMILES string of the molecule is CCN(F)C1CCOCC1. The molecule has 1 rings (SSSR count). The summed E-state index contributed by atoms with van der Waals surface area (Å²) in [4.78, 5) is 0. The molecule has 0 radical (unpaired) electrons. The van der Waals surface area contributed by atoms with E-state index >= 15 is 0 Å². The van der Waals surface area contributed by atoms with E-state index in [1.54, 1.807) is 0 Å². The van der Waals surface area contributed by atoms with Gasteiger partial charge < -0.3 is 4.74 Å². The smallest absolute Gasteiger partial charge is 0.0481 e. The quantitative estimate of drug-likeness (QED) is 0.547. The Morgan fingerprint density at radius 3 is 2.60 bits per heavy atom. The van der Waals surface area contributed by atoms with Gasteiger partial charge in [0, 0.05) is 25.8 Å². The highest BCUT2D eigenvalue weighted by molar-refractivity contribution is 4.67. The minimum Gasteiger partial charge on any atom is -0.381 e. The van der Waals surface area contributed by atoms with E-state index in [2.05, 4.69) is 0 Å². The topological polar surface area (TPSA) is 12.5 Å². The van der Waals surface area contributed by atoms with Crippen molar-refractivity contribution in [3.8, 4) is 0 Å². The van der Waals surface area contributed by atoms with Crippen LogP contribution in [0, 0.1) is 0 Å². The van der Waals surface area contributed by atoms with Gasteiger partial charge in [-0.1, -0.05) is 0 Å². The lowest BCUT2D eigenvalue weighted by molar-refractivity contribution is -0.0623. The molecule has 60 valence electrons. The van der Waals surface area contributed by atoms with Gasteiger partial charge in [-0.3, -0.25) is 0 Å². The summed E-state index contributed by atoms with van der Waals surface area (Å²) in [5.74, 6) is 0. The van der Waals surface area contributed by atoms with Crippen molar-refractivity contribution in [2.45, 2.75) is 25.8 Å². The van der Waals surface area contributed by atoms with Gasteiger partial charge in [-0.25, -0.2) is 0 Å². The van der Waals surface area contributed by atoms with Crippen molar-refractivity contribution in [3.63, 3.8) is 0 Å². The largest absolute Gasteiger partial charge is 0.381 e. The van der Waals surface area contributed by atoms with Crippen molar-refractivity contribution in [1.82, 2.24) is 5.12 Å². The molecule has 0 aromatic carbocycles. The summed E-state index contributed by atoms with van der Waals surface area (Å²) in [6, 6.07) is 0.110. The molecule has 0 saturated carbocycles. The van der Waals surface area contributed by atoms with Crippen molar-refractivity contribution >= 4 is 0 Å². The zero-order valence-electron chi connectivity index (χ0n) is 6.35. The Morgan fingerprint density at radius 2 is 2.10 bits per heavy atom. The van der Waals surface area contributed by atoms with Crippen LogP contribution >= 0.6 is 0 Å². The van der Waals surface area contributed by atoms with Gasteiger partial charge >= 0.3 is 0 Å². The van der Waals surface area contributed by atoms with Gasteiger partial charge in [-0.15, -0.1) is 9.60 Å². The first-order chi connectivity index (χ1) is 4.84. The Kier molecular flexibility index (Phi) is 3.09. The number of hydrogen-bond acceptors (Lipinski definition) is 2. The molecule has 0 atom stereocenters. The van der Waals surface area contributed by atoms with E-state index in [9.17, 15) is 4.48 Å².